The van der Waals surface area contributed by atoms with Gasteiger partial charge in [0.05, 0.1) is 28.0 Å². The summed E-state index contributed by atoms with van der Waals surface area (Å²) in [6.07, 6.45) is -2.69. The molecular weight excluding hydrogens is 1050 g/mol. The van der Waals surface area contributed by atoms with E-state index in [9.17, 15) is 13.2 Å². The standard InChI is InChI=1S/C59H47F3N4O2.Pt/c1-34(2)40-17-14-18-41(35(3)4)55(40)66-51-22-13-11-20-49(51)64-57(66)47-32-39(31-46-45-25-23-36(29-53(45)68-56(46)47)42-15-8-10-19-48(42)59(60,61)62)67-38-24-26-44-43-16-9-12-21-50(43)65(52(44)33-38)54-30-37(27-28-63-54)58(5,6)7;/h8-31,34-35H,1-7H3;/q-2;+2. The van der Waals surface area contributed by atoms with Crippen molar-refractivity contribution >= 4 is 54.8 Å². The Balaban J connectivity index is 0.00000553. The van der Waals surface area contributed by atoms with Crippen molar-refractivity contribution in [3.8, 4) is 45.5 Å². The molecule has 4 heterocycles. The summed E-state index contributed by atoms with van der Waals surface area (Å²) in [4.78, 5) is 10.2. The molecule has 4 aromatic heterocycles. The maximum Gasteiger partial charge on any atom is 2.00 e. The largest absolute Gasteiger partial charge is 2.00 e. The second-order valence-electron chi connectivity index (χ2n) is 19.2. The minimum atomic E-state index is -4.55. The van der Waals surface area contributed by atoms with Crippen LogP contribution in [0.2, 0.25) is 0 Å². The molecule has 0 aliphatic carbocycles. The van der Waals surface area contributed by atoms with Gasteiger partial charge in [-0.1, -0.05) is 156 Å². The van der Waals surface area contributed by atoms with E-state index < -0.39 is 11.7 Å². The molecule has 0 saturated carbocycles. The van der Waals surface area contributed by atoms with Crippen LogP contribution in [0, 0.1) is 12.1 Å². The molecule has 0 fully saturated rings. The van der Waals surface area contributed by atoms with E-state index in [4.69, 9.17) is 19.1 Å². The van der Waals surface area contributed by atoms with Gasteiger partial charge in [-0.05, 0) is 92.9 Å². The first-order valence-electron chi connectivity index (χ1n) is 22.9. The fourth-order valence-electron chi connectivity index (χ4n) is 9.64. The van der Waals surface area contributed by atoms with Gasteiger partial charge >= 0.3 is 27.2 Å². The van der Waals surface area contributed by atoms with E-state index in [1.165, 1.54) is 12.1 Å². The molecule has 0 amide bonds. The molecular formula is C59H47F3N4O2Pt. The van der Waals surface area contributed by atoms with Crippen LogP contribution in [0.1, 0.15) is 82.6 Å². The number of imidazole rings is 1. The van der Waals surface area contributed by atoms with E-state index in [2.05, 4.69) is 124 Å². The van der Waals surface area contributed by atoms with E-state index in [-0.39, 0.29) is 43.9 Å². The summed E-state index contributed by atoms with van der Waals surface area (Å²) in [5.74, 6) is 2.54. The van der Waals surface area contributed by atoms with Gasteiger partial charge in [-0.15, -0.1) is 17.5 Å². The Hall–Kier alpha value is -6.96. The van der Waals surface area contributed by atoms with Gasteiger partial charge in [0.1, 0.15) is 11.4 Å². The number of fused-ring (bicyclic) bond motifs is 7. The molecule has 0 atom stereocenters. The SMILES string of the molecule is CC(C)c1cccc(C(C)C)c1-n1c(-c2[c-]c(Oc3[c-]c4c(cc3)c3ccccc3n4-c3cc(C(C)(C)C)ccn3)cc3c2oc2cc(-c4ccccc4C(F)(F)F)ccc23)nc2ccccc21.[Pt+2]. The van der Waals surface area contributed by atoms with Crippen LogP contribution < -0.4 is 4.74 Å². The first-order chi connectivity index (χ1) is 32.6. The number of halogens is 3. The van der Waals surface area contributed by atoms with E-state index >= 15 is 0 Å². The minimum absolute atomic E-state index is 0. The molecule has 0 radical (unpaired) electrons. The molecule has 11 rings (SSSR count). The summed E-state index contributed by atoms with van der Waals surface area (Å²) < 4.78 is 61.1. The third-order valence-corrected chi connectivity index (χ3v) is 13.0. The summed E-state index contributed by atoms with van der Waals surface area (Å²) in [7, 11) is 0. The van der Waals surface area contributed by atoms with E-state index in [1.54, 1.807) is 18.2 Å². The predicted octanol–water partition coefficient (Wildman–Crippen LogP) is 16.7. The van der Waals surface area contributed by atoms with Gasteiger partial charge in [-0.2, -0.15) is 19.2 Å². The minimum Gasteiger partial charge on any atom is -0.503 e. The average Bonchev–Trinajstić information content (AvgIpc) is 4.00. The molecule has 0 saturated heterocycles. The van der Waals surface area contributed by atoms with Gasteiger partial charge in [0.25, 0.3) is 0 Å². The van der Waals surface area contributed by atoms with Crippen molar-refractivity contribution in [3.63, 3.8) is 0 Å². The third-order valence-electron chi connectivity index (χ3n) is 13.0. The molecule has 10 heteroatoms. The second kappa shape index (κ2) is 17.2. The van der Waals surface area contributed by atoms with Crippen molar-refractivity contribution in [1.29, 1.82) is 0 Å². The van der Waals surface area contributed by atoms with Gasteiger partial charge in [0.2, 0.25) is 0 Å². The van der Waals surface area contributed by atoms with Crippen molar-refractivity contribution < 1.29 is 43.4 Å². The van der Waals surface area contributed by atoms with Gasteiger partial charge < -0.3 is 18.3 Å². The number of rotatable bonds is 8. The Morgan fingerprint density at radius 1 is 0.638 bits per heavy atom. The topological polar surface area (TPSA) is 58.0 Å². The number of benzene rings is 7. The number of pyridine rings is 1. The zero-order valence-corrected chi connectivity index (χ0v) is 41.3. The molecule has 0 aliphatic heterocycles. The molecule has 0 aliphatic rings. The van der Waals surface area contributed by atoms with Crippen molar-refractivity contribution in [2.75, 3.05) is 0 Å². The Kier molecular flexibility index (Phi) is 11.4. The predicted molar refractivity (Wildman–Crippen MR) is 267 cm³/mol. The number of hydrogen-bond acceptors (Lipinski definition) is 4. The summed E-state index contributed by atoms with van der Waals surface area (Å²) in [6.45, 7) is 15.3. The van der Waals surface area contributed by atoms with Crippen LogP contribution in [0.5, 0.6) is 11.5 Å². The van der Waals surface area contributed by atoms with E-state index in [0.29, 0.717) is 50.4 Å². The summed E-state index contributed by atoms with van der Waals surface area (Å²) >= 11 is 0. The Labute approximate surface area is 412 Å². The Bertz CT molecular complexity index is 3750. The Morgan fingerprint density at radius 3 is 2.07 bits per heavy atom. The van der Waals surface area contributed by atoms with E-state index in [0.717, 1.165) is 67.1 Å². The quantitative estimate of drug-likeness (QED) is 0.142. The molecule has 69 heavy (non-hydrogen) atoms. The van der Waals surface area contributed by atoms with Crippen molar-refractivity contribution in [2.24, 2.45) is 0 Å². The van der Waals surface area contributed by atoms with Crippen LogP contribution >= 0.6 is 0 Å². The first kappa shape index (κ1) is 45.8. The number of alkyl halides is 3. The van der Waals surface area contributed by atoms with Gasteiger partial charge in [-0.3, -0.25) is 4.98 Å². The normalized spacial score (nSPS) is 12.3. The molecule has 11 aromatic rings. The van der Waals surface area contributed by atoms with Crippen LogP contribution in [-0.2, 0) is 32.7 Å². The number of nitrogens with zero attached hydrogens (tertiary/aromatic N) is 4. The molecule has 0 bridgehead atoms. The van der Waals surface area contributed by atoms with E-state index in [1.807, 2.05) is 54.7 Å². The van der Waals surface area contributed by atoms with Gasteiger partial charge in [-0.25, -0.2) is 4.98 Å². The number of furan rings is 1. The zero-order chi connectivity index (χ0) is 47.2. The van der Waals surface area contributed by atoms with Gasteiger partial charge in [0, 0.05) is 34.3 Å². The molecule has 0 N–H and O–H groups in total. The monoisotopic (exact) mass is 1100 g/mol. The fraction of sp³-hybridized carbons (Fsp3) is 0.186. The van der Waals surface area contributed by atoms with Crippen molar-refractivity contribution in [3.05, 3.63) is 180 Å². The van der Waals surface area contributed by atoms with Crippen LogP contribution in [0.25, 0.3) is 88.8 Å². The number of hydrogen-bond donors (Lipinski definition) is 0. The average molecular weight is 1100 g/mol. The van der Waals surface area contributed by atoms with Crippen LogP contribution in [0.15, 0.2) is 150 Å². The zero-order valence-electron chi connectivity index (χ0n) is 39.1. The Morgan fingerprint density at radius 2 is 1.33 bits per heavy atom. The first-order valence-corrected chi connectivity index (χ1v) is 22.9. The number of para-hydroxylation sites is 4. The fourth-order valence-corrected chi connectivity index (χ4v) is 9.64. The van der Waals surface area contributed by atoms with Crippen LogP contribution in [0.4, 0.5) is 13.2 Å². The number of ether oxygens (including phenoxy) is 1. The second-order valence-corrected chi connectivity index (χ2v) is 19.2. The summed E-state index contributed by atoms with van der Waals surface area (Å²) in [6, 6.07) is 50.9. The molecule has 0 spiro atoms. The molecule has 346 valence electrons. The summed E-state index contributed by atoms with van der Waals surface area (Å²) in [5, 5.41) is 3.45. The molecule has 6 nitrogen and oxygen atoms in total. The van der Waals surface area contributed by atoms with Crippen LogP contribution in [0.3, 0.4) is 0 Å². The maximum atomic E-state index is 14.4. The maximum absolute atomic E-state index is 14.4. The summed E-state index contributed by atoms with van der Waals surface area (Å²) in [5.41, 5.74) is 9.04. The van der Waals surface area contributed by atoms with Gasteiger partial charge in [0.15, 0.2) is 0 Å². The van der Waals surface area contributed by atoms with Crippen molar-refractivity contribution in [1.82, 2.24) is 19.1 Å². The third kappa shape index (κ3) is 7.91. The van der Waals surface area contributed by atoms with Crippen LogP contribution in [-0.4, -0.2) is 19.1 Å². The smallest absolute Gasteiger partial charge is 0.503 e. The molecule has 7 aromatic carbocycles. The molecule has 0 unspecified atom stereocenters. The number of aromatic nitrogens is 4. The van der Waals surface area contributed by atoms with Crippen molar-refractivity contribution in [2.45, 2.75) is 71.9 Å².